The molecule has 2 rings (SSSR count). The Morgan fingerprint density at radius 2 is 2.14 bits per heavy atom. The summed E-state index contributed by atoms with van der Waals surface area (Å²) >= 11 is 0. The van der Waals surface area contributed by atoms with Crippen LogP contribution in [0.25, 0.3) is 0 Å². The van der Waals surface area contributed by atoms with Crippen molar-refractivity contribution in [2.45, 2.75) is 51.4 Å². The van der Waals surface area contributed by atoms with Gasteiger partial charge in [-0.25, -0.2) is 0 Å². The van der Waals surface area contributed by atoms with E-state index in [1.54, 1.807) is 13.8 Å². The zero-order valence-corrected chi connectivity index (χ0v) is 12.5. The molecule has 0 aliphatic heterocycles. The molecule has 1 saturated carbocycles. The minimum Gasteiger partial charge on any atom is -0.396 e. The molecular formula is C14H20F3N3O2. The molecule has 5 nitrogen and oxygen atoms in total. The average molecular weight is 319 g/mol. The third-order valence-corrected chi connectivity index (χ3v) is 3.75. The van der Waals surface area contributed by atoms with Crippen molar-refractivity contribution in [2.75, 3.05) is 6.61 Å². The summed E-state index contributed by atoms with van der Waals surface area (Å²) in [6.45, 7) is 3.03. The van der Waals surface area contributed by atoms with E-state index in [9.17, 15) is 18.0 Å². The van der Waals surface area contributed by atoms with Gasteiger partial charge < -0.3 is 10.4 Å². The van der Waals surface area contributed by atoms with Gasteiger partial charge in [-0.2, -0.15) is 18.3 Å². The van der Waals surface area contributed by atoms with E-state index < -0.39 is 29.4 Å². The highest BCUT2D eigenvalue weighted by Gasteiger charge is 2.41. The molecule has 1 aromatic heterocycles. The molecule has 22 heavy (non-hydrogen) atoms. The van der Waals surface area contributed by atoms with E-state index in [1.165, 1.54) is 0 Å². The van der Waals surface area contributed by atoms with Gasteiger partial charge in [0.15, 0.2) is 5.69 Å². The molecular weight excluding hydrogens is 299 g/mol. The summed E-state index contributed by atoms with van der Waals surface area (Å²) in [5, 5.41) is 15.3. The fourth-order valence-electron chi connectivity index (χ4n) is 2.51. The fourth-order valence-corrected chi connectivity index (χ4v) is 2.51. The number of nitrogens with zero attached hydrogens (tertiary/aromatic N) is 2. The predicted molar refractivity (Wildman–Crippen MR) is 73.3 cm³/mol. The van der Waals surface area contributed by atoms with Crippen LogP contribution in [0.3, 0.4) is 0 Å². The number of halogens is 3. The van der Waals surface area contributed by atoms with Gasteiger partial charge in [-0.15, -0.1) is 0 Å². The molecule has 8 heteroatoms. The van der Waals surface area contributed by atoms with E-state index in [0.29, 0.717) is 6.42 Å². The van der Waals surface area contributed by atoms with E-state index in [1.807, 2.05) is 0 Å². The van der Waals surface area contributed by atoms with Crippen LogP contribution in [0.5, 0.6) is 0 Å². The molecule has 1 aromatic rings. The zero-order valence-electron chi connectivity index (χ0n) is 12.5. The number of amides is 1. The van der Waals surface area contributed by atoms with Crippen LogP contribution in [-0.2, 0) is 6.18 Å². The molecule has 0 aromatic carbocycles. The smallest absolute Gasteiger partial charge is 0.396 e. The summed E-state index contributed by atoms with van der Waals surface area (Å²) in [5.41, 5.74) is -1.50. The topological polar surface area (TPSA) is 67.2 Å². The van der Waals surface area contributed by atoms with E-state index in [2.05, 4.69) is 10.4 Å². The summed E-state index contributed by atoms with van der Waals surface area (Å²) in [7, 11) is 0. The lowest BCUT2D eigenvalue weighted by molar-refractivity contribution is -0.145. The third kappa shape index (κ3) is 3.60. The number of carbonyl (C=O) groups is 1. The lowest BCUT2D eigenvalue weighted by Crippen LogP contribution is -2.38. The number of alkyl halides is 3. The van der Waals surface area contributed by atoms with Gasteiger partial charge in [0, 0.05) is 18.7 Å². The molecule has 1 aliphatic carbocycles. The number of hydrogen-bond acceptors (Lipinski definition) is 3. The van der Waals surface area contributed by atoms with Gasteiger partial charge >= 0.3 is 6.18 Å². The maximum absolute atomic E-state index is 13.2. The van der Waals surface area contributed by atoms with Gasteiger partial charge in [-0.3, -0.25) is 9.48 Å². The second kappa shape index (κ2) is 6.28. The normalized spacial score (nSPS) is 16.9. The van der Waals surface area contributed by atoms with Crippen LogP contribution in [0, 0.1) is 5.92 Å². The van der Waals surface area contributed by atoms with Crippen molar-refractivity contribution in [1.29, 1.82) is 0 Å². The van der Waals surface area contributed by atoms with Crippen molar-refractivity contribution in [3.05, 3.63) is 17.5 Å². The number of aliphatic hydroxyl groups is 1. The summed E-state index contributed by atoms with van der Waals surface area (Å²) < 4.78 is 40.5. The molecule has 124 valence electrons. The average Bonchev–Trinajstić information content (AvgIpc) is 3.13. The van der Waals surface area contributed by atoms with Crippen LogP contribution in [-0.4, -0.2) is 33.4 Å². The van der Waals surface area contributed by atoms with Crippen molar-refractivity contribution in [1.82, 2.24) is 15.1 Å². The second-order valence-electron chi connectivity index (χ2n) is 5.87. The van der Waals surface area contributed by atoms with Gasteiger partial charge in [0.05, 0.1) is 11.8 Å². The largest absolute Gasteiger partial charge is 0.433 e. The summed E-state index contributed by atoms with van der Waals surface area (Å²) in [6, 6.07) is -0.796. The van der Waals surface area contributed by atoms with Crippen LogP contribution in [0.15, 0.2) is 6.20 Å². The van der Waals surface area contributed by atoms with Crippen molar-refractivity contribution in [2.24, 2.45) is 5.92 Å². The van der Waals surface area contributed by atoms with Crippen LogP contribution in [0.2, 0.25) is 0 Å². The number of carbonyl (C=O) groups excluding carboxylic acids is 1. The maximum atomic E-state index is 13.2. The van der Waals surface area contributed by atoms with Crippen LogP contribution < -0.4 is 5.32 Å². The van der Waals surface area contributed by atoms with Crippen LogP contribution in [0.4, 0.5) is 13.2 Å². The lowest BCUT2D eigenvalue weighted by Gasteiger charge is -2.18. The summed E-state index contributed by atoms with van der Waals surface area (Å²) in [5.74, 6) is -0.546. The Morgan fingerprint density at radius 3 is 2.59 bits per heavy atom. The first-order valence-electron chi connectivity index (χ1n) is 7.32. The van der Waals surface area contributed by atoms with Crippen molar-refractivity contribution >= 4 is 5.91 Å². The zero-order chi connectivity index (χ0) is 16.5. The molecule has 1 atom stereocenters. The Bertz CT molecular complexity index is 536. The Labute approximate surface area is 126 Å². The van der Waals surface area contributed by atoms with Gasteiger partial charge in [0.25, 0.3) is 5.91 Å². The fraction of sp³-hybridized carbons (Fsp3) is 0.714. The predicted octanol–water partition coefficient (Wildman–Crippen LogP) is 2.37. The van der Waals surface area contributed by atoms with Crippen LogP contribution in [0.1, 0.15) is 55.2 Å². The number of rotatable bonds is 6. The molecule has 1 fully saturated rings. The molecule has 1 aliphatic rings. The SMILES string of the molecule is CC(C)n1ncc(C(=O)NC(CCO)C2CC2)c1C(F)(F)F. The minimum absolute atomic E-state index is 0.112. The molecule has 1 unspecified atom stereocenters. The third-order valence-electron chi connectivity index (χ3n) is 3.75. The van der Waals surface area contributed by atoms with Gasteiger partial charge in [0.1, 0.15) is 0 Å². The Balaban J connectivity index is 2.25. The van der Waals surface area contributed by atoms with Gasteiger partial charge in [-0.1, -0.05) is 0 Å². The van der Waals surface area contributed by atoms with E-state index in [0.717, 1.165) is 23.7 Å². The maximum Gasteiger partial charge on any atom is 0.433 e. The van der Waals surface area contributed by atoms with Crippen molar-refractivity contribution < 1.29 is 23.1 Å². The molecule has 1 amide bonds. The second-order valence-corrected chi connectivity index (χ2v) is 5.87. The Kier molecular flexibility index (Phi) is 4.79. The van der Waals surface area contributed by atoms with Crippen molar-refractivity contribution in [3.63, 3.8) is 0 Å². The van der Waals surface area contributed by atoms with Crippen molar-refractivity contribution in [3.8, 4) is 0 Å². The summed E-state index contributed by atoms with van der Waals surface area (Å²) in [4.78, 5) is 12.2. The van der Waals surface area contributed by atoms with E-state index in [-0.39, 0.29) is 18.6 Å². The molecule has 0 radical (unpaired) electrons. The monoisotopic (exact) mass is 319 g/mol. The summed E-state index contributed by atoms with van der Waals surface area (Å²) in [6.07, 6.45) is -1.51. The number of aliphatic hydroxyl groups excluding tert-OH is 1. The van der Waals surface area contributed by atoms with Gasteiger partial charge in [-0.05, 0) is 39.0 Å². The number of aromatic nitrogens is 2. The molecule has 0 bridgehead atoms. The number of hydrogen-bond donors (Lipinski definition) is 2. The number of nitrogens with one attached hydrogen (secondary N) is 1. The highest BCUT2D eigenvalue weighted by atomic mass is 19.4. The van der Waals surface area contributed by atoms with Crippen LogP contribution >= 0.6 is 0 Å². The molecule has 0 saturated heterocycles. The Hall–Kier alpha value is -1.57. The first-order chi connectivity index (χ1) is 10.3. The molecule has 2 N–H and O–H groups in total. The van der Waals surface area contributed by atoms with E-state index >= 15 is 0 Å². The standard InChI is InChI=1S/C14H20F3N3O2/c1-8(2)20-12(14(15,16)17)10(7-18-20)13(22)19-11(5-6-21)9-3-4-9/h7-9,11,21H,3-6H2,1-2H3,(H,19,22). The Morgan fingerprint density at radius 1 is 1.50 bits per heavy atom. The quantitative estimate of drug-likeness (QED) is 0.846. The first kappa shape index (κ1) is 16.8. The lowest BCUT2D eigenvalue weighted by atomic mass is 10.1. The molecule has 0 spiro atoms. The minimum atomic E-state index is -4.65. The van der Waals surface area contributed by atoms with Gasteiger partial charge in [0.2, 0.25) is 0 Å². The highest BCUT2D eigenvalue weighted by Crippen LogP contribution is 2.36. The highest BCUT2D eigenvalue weighted by molar-refractivity contribution is 5.95. The first-order valence-corrected chi connectivity index (χ1v) is 7.32. The molecule has 1 heterocycles. The van der Waals surface area contributed by atoms with E-state index in [4.69, 9.17) is 5.11 Å².